The third-order valence-corrected chi connectivity index (χ3v) is 4.68. The van der Waals surface area contributed by atoms with Gasteiger partial charge in [0.2, 0.25) is 5.95 Å². The summed E-state index contributed by atoms with van der Waals surface area (Å²) in [4.78, 5) is 8.76. The number of aromatic amines is 1. The lowest BCUT2D eigenvalue weighted by atomic mass is 10.1. The van der Waals surface area contributed by atoms with Crippen molar-refractivity contribution in [3.63, 3.8) is 0 Å². The summed E-state index contributed by atoms with van der Waals surface area (Å²) in [5.41, 5.74) is 10.2. The molecular formula is C17H18N8O. The Morgan fingerprint density at radius 3 is 3.00 bits per heavy atom. The smallest absolute Gasteiger partial charge is 0.240 e. The molecule has 0 aromatic carbocycles. The SMILES string of the molecule is Nc1nc2ccc(-c3cnc4cn[nH]c4c3)c(NC3CCOCC3)n2n1. The van der Waals surface area contributed by atoms with Crippen LogP contribution in [0.4, 0.5) is 11.8 Å². The molecule has 0 unspecified atom stereocenters. The Balaban J connectivity index is 1.66. The van der Waals surface area contributed by atoms with Crippen LogP contribution in [0.25, 0.3) is 27.8 Å². The van der Waals surface area contributed by atoms with Crippen LogP contribution in [0.5, 0.6) is 0 Å². The van der Waals surface area contributed by atoms with Crippen molar-refractivity contribution in [1.82, 2.24) is 29.8 Å². The third kappa shape index (κ3) is 2.53. The first-order valence-electron chi connectivity index (χ1n) is 8.57. The molecule has 5 heterocycles. The minimum atomic E-state index is 0.249. The van der Waals surface area contributed by atoms with Crippen LogP contribution in [0, 0.1) is 0 Å². The lowest BCUT2D eigenvalue weighted by molar-refractivity contribution is 0.0903. The highest BCUT2D eigenvalue weighted by molar-refractivity contribution is 5.84. The molecule has 4 aromatic heterocycles. The second-order valence-electron chi connectivity index (χ2n) is 6.39. The van der Waals surface area contributed by atoms with Gasteiger partial charge in [-0.1, -0.05) is 0 Å². The summed E-state index contributed by atoms with van der Waals surface area (Å²) in [6, 6.07) is 6.27. The van der Waals surface area contributed by atoms with Crippen LogP contribution in [-0.2, 0) is 4.74 Å². The summed E-state index contributed by atoms with van der Waals surface area (Å²) in [6.07, 6.45) is 5.44. The first kappa shape index (κ1) is 15.1. The van der Waals surface area contributed by atoms with E-state index in [0.29, 0.717) is 11.7 Å². The molecule has 132 valence electrons. The van der Waals surface area contributed by atoms with Gasteiger partial charge in [-0.15, -0.1) is 5.10 Å². The molecule has 9 heteroatoms. The standard InChI is InChI=1S/C17H18N8O/c18-17-22-15-2-1-12(10-7-13-14(19-8-10)9-20-23-13)16(25(15)24-17)21-11-3-5-26-6-4-11/h1-2,7-9,11,21H,3-6H2,(H2,18,24)(H,20,23). The van der Waals surface area contributed by atoms with Crippen LogP contribution in [0.15, 0.2) is 30.6 Å². The van der Waals surface area contributed by atoms with Gasteiger partial charge in [0.1, 0.15) is 11.3 Å². The Morgan fingerprint density at radius 2 is 2.12 bits per heavy atom. The highest BCUT2D eigenvalue weighted by Crippen LogP contribution is 2.31. The van der Waals surface area contributed by atoms with Gasteiger partial charge in [-0.05, 0) is 31.0 Å². The fourth-order valence-corrected chi connectivity index (χ4v) is 3.35. The topological polar surface area (TPSA) is 119 Å². The number of fused-ring (bicyclic) bond motifs is 2. The van der Waals surface area contributed by atoms with Crippen molar-refractivity contribution in [2.24, 2.45) is 0 Å². The van der Waals surface area contributed by atoms with Crippen molar-refractivity contribution >= 4 is 28.4 Å². The largest absolute Gasteiger partial charge is 0.381 e. The van der Waals surface area contributed by atoms with Crippen molar-refractivity contribution in [2.45, 2.75) is 18.9 Å². The molecule has 4 N–H and O–H groups in total. The zero-order valence-corrected chi connectivity index (χ0v) is 14.0. The molecule has 1 aliphatic rings. The molecule has 0 saturated carbocycles. The van der Waals surface area contributed by atoms with Gasteiger partial charge in [0, 0.05) is 36.6 Å². The van der Waals surface area contributed by atoms with Crippen LogP contribution in [-0.4, -0.2) is 49.0 Å². The van der Waals surface area contributed by atoms with Crippen molar-refractivity contribution in [3.8, 4) is 11.1 Å². The maximum atomic E-state index is 5.83. The number of nitrogens with one attached hydrogen (secondary N) is 2. The number of nitrogens with two attached hydrogens (primary N) is 1. The van der Waals surface area contributed by atoms with Gasteiger partial charge in [0.05, 0.1) is 11.7 Å². The number of hydrogen-bond donors (Lipinski definition) is 3. The average molecular weight is 350 g/mol. The van der Waals surface area contributed by atoms with Crippen molar-refractivity contribution in [1.29, 1.82) is 0 Å². The Hall–Kier alpha value is -3.20. The Morgan fingerprint density at radius 1 is 1.23 bits per heavy atom. The highest BCUT2D eigenvalue weighted by Gasteiger charge is 2.19. The van der Waals surface area contributed by atoms with Crippen LogP contribution < -0.4 is 11.1 Å². The van der Waals surface area contributed by atoms with Crippen molar-refractivity contribution < 1.29 is 4.74 Å². The summed E-state index contributed by atoms with van der Waals surface area (Å²) < 4.78 is 7.23. The number of anilines is 2. The summed E-state index contributed by atoms with van der Waals surface area (Å²) in [6.45, 7) is 1.51. The second kappa shape index (κ2) is 5.95. The molecule has 1 aliphatic heterocycles. The van der Waals surface area contributed by atoms with Gasteiger partial charge in [0.15, 0.2) is 5.65 Å². The molecule has 9 nitrogen and oxygen atoms in total. The Bertz CT molecular complexity index is 1080. The maximum absolute atomic E-state index is 5.83. The molecule has 26 heavy (non-hydrogen) atoms. The van der Waals surface area contributed by atoms with E-state index in [9.17, 15) is 0 Å². The van der Waals surface area contributed by atoms with E-state index >= 15 is 0 Å². The Labute approximate surface area is 148 Å². The van der Waals surface area contributed by atoms with Gasteiger partial charge < -0.3 is 15.8 Å². The predicted octanol–water partition coefficient (Wildman–Crippen LogP) is 1.84. The average Bonchev–Trinajstić information content (AvgIpc) is 3.28. The van der Waals surface area contributed by atoms with Gasteiger partial charge >= 0.3 is 0 Å². The molecule has 1 fully saturated rings. The first-order chi connectivity index (χ1) is 12.8. The predicted molar refractivity (Wildman–Crippen MR) is 97.7 cm³/mol. The van der Waals surface area contributed by atoms with Crippen molar-refractivity contribution in [2.75, 3.05) is 24.3 Å². The highest BCUT2D eigenvalue weighted by atomic mass is 16.5. The van der Waals surface area contributed by atoms with E-state index in [-0.39, 0.29) is 5.95 Å². The fraction of sp³-hybridized carbons (Fsp3) is 0.294. The van der Waals surface area contributed by atoms with E-state index < -0.39 is 0 Å². The van der Waals surface area contributed by atoms with Crippen LogP contribution in [0.3, 0.4) is 0 Å². The number of ether oxygens (including phenoxy) is 1. The first-order valence-corrected chi connectivity index (χ1v) is 8.57. The lowest BCUT2D eigenvalue weighted by Gasteiger charge is -2.25. The summed E-state index contributed by atoms with van der Waals surface area (Å²) in [7, 11) is 0. The number of H-pyrrole nitrogens is 1. The summed E-state index contributed by atoms with van der Waals surface area (Å²) in [5, 5.41) is 15.0. The van der Waals surface area contributed by atoms with E-state index in [0.717, 1.165) is 54.0 Å². The molecular weight excluding hydrogens is 332 g/mol. The molecule has 5 rings (SSSR count). The van der Waals surface area contributed by atoms with E-state index in [1.807, 2.05) is 24.4 Å². The summed E-state index contributed by atoms with van der Waals surface area (Å²) in [5.74, 6) is 1.11. The minimum Gasteiger partial charge on any atom is -0.381 e. The molecule has 0 amide bonds. The fourth-order valence-electron chi connectivity index (χ4n) is 3.35. The van der Waals surface area contributed by atoms with E-state index in [4.69, 9.17) is 10.5 Å². The lowest BCUT2D eigenvalue weighted by Crippen LogP contribution is -2.29. The zero-order chi connectivity index (χ0) is 17.5. The number of pyridine rings is 2. The molecule has 0 atom stereocenters. The van der Waals surface area contributed by atoms with Gasteiger partial charge in [-0.3, -0.25) is 10.1 Å². The van der Waals surface area contributed by atoms with Gasteiger partial charge in [-0.25, -0.2) is 0 Å². The van der Waals surface area contributed by atoms with E-state index in [1.165, 1.54) is 0 Å². The van der Waals surface area contributed by atoms with Crippen molar-refractivity contribution in [3.05, 3.63) is 30.6 Å². The molecule has 0 spiro atoms. The number of rotatable bonds is 3. The number of nitrogen functional groups attached to an aromatic ring is 1. The molecule has 0 aliphatic carbocycles. The molecule has 1 saturated heterocycles. The normalized spacial score (nSPS) is 15.7. The number of nitrogens with zero attached hydrogens (tertiary/aromatic N) is 5. The number of aromatic nitrogens is 6. The summed E-state index contributed by atoms with van der Waals surface area (Å²) >= 11 is 0. The minimum absolute atomic E-state index is 0.249. The van der Waals surface area contributed by atoms with E-state index in [1.54, 1.807) is 10.7 Å². The maximum Gasteiger partial charge on any atom is 0.240 e. The van der Waals surface area contributed by atoms with Crippen LogP contribution >= 0.6 is 0 Å². The quantitative estimate of drug-likeness (QED) is 0.516. The van der Waals surface area contributed by atoms with Crippen LogP contribution in [0.2, 0.25) is 0 Å². The van der Waals surface area contributed by atoms with E-state index in [2.05, 4.69) is 30.6 Å². The van der Waals surface area contributed by atoms with Gasteiger partial charge in [-0.2, -0.15) is 14.6 Å². The Kier molecular flexibility index (Phi) is 3.45. The van der Waals surface area contributed by atoms with Gasteiger partial charge in [0.25, 0.3) is 0 Å². The second-order valence-corrected chi connectivity index (χ2v) is 6.39. The third-order valence-electron chi connectivity index (χ3n) is 4.68. The number of hydrogen-bond acceptors (Lipinski definition) is 7. The monoisotopic (exact) mass is 350 g/mol. The molecule has 4 aromatic rings. The van der Waals surface area contributed by atoms with Crippen LogP contribution in [0.1, 0.15) is 12.8 Å². The zero-order valence-electron chi connectivity index (χ0n) is 14.0. The molecule has 0 radical (unpaired) electrons. The molecule has 0 bridgehead atoms.